The minimum absolute atomic E-state index is 0.0117. The molecule has 1 aromatic rings. The monoisotopic (exact) mass is 354 g/mol. The number of hydrogen-bond donors (Lipinski definition) is 1. The van der Waals surface area contributed by atoms with E-state index in [1.165, 1.54) is 18.4 Å². The van der Waals surface area contributed by atoms with E-state index in [0.717, 1.165) is 4.88 Å². The molecule has 0 saturated carbocycles. The van der Waals surface area contributed by atoms with Crippen molar-refractivity contribution in [3.05, 3.63) is 15.8 Å². The van der Waals surface area contributed by atoms with E-state index < -0.39 is 6.04 Å². The lowest BCUT2D eigenvalue weighted by Crippen LogP contribution is -2.47. The molecule has 24 heavy (non-hydrogen) atoms. The molecule has 0 aromatic carbocycles. The molecule has 2 heterocycles. The Morgan fingerprint density at radius 2 is 1.96 bits per heavy atom. The number of carbonyl (C=O) groups is 2. The van der Waals surface area contributed by atoms with Gasteiger partial charge in [0.05, 0.1) is 26.0 Å². The van der Waals surface area contributed by atoms with Crippen LogP contribution in [0.15, 0.2) is 6.07 Å². The zero-order valence-corrected chi connectivity index (χ0v) is 15.8. The number of rotatable bonds is 4. The van der Waals surface area contributed by atoms with Crippen LogP contribution in [0.1, 0.15) is 42.2 Å². The van der Waals surface area contributed by atoms with Gasteiger partial charge in [0, 0.05) is 18.0 Å². The maximum absolute atomic E-state index is 12.6. The molecule has 2 rings (SSSR count). The molecule has 6 nitrogen and oxygen atoms in total. The van der Waals surface area contributed by atoms with Gasteiger partial charge in [0.1, 0.15) is 10.9 Å². The Bertz CT molecular complexity index is 600. The third-order valence-electron chi connectivity index (χ3n) is 3.91. The molecule has 134 valence electrons. The first kappa shape index (κ1) is 18.7. The second-order valence-corrected chi connectivity index (χ2v) is 7.95. The van der Waals surface area contributed by atoms with Crippen molar-refractivity contribution in [3.63, 3.8) is 0 Å². The van der Waals surface area contributed by atoms with Gasteiger partial charge in [-0.2, -0.15) is 0 Å². The summed E-state index contributed by atoms with van der Waals surface area (Å²) in [6.45, 7) is 10.4. The molecule has 1 saturated heterocycles. The van der Waals surface area contributed by atoms with Crippen LogP contribution in [-0.4, -0.2) is 56.2 Å². The molecule has 1 atom stereocenters. The van der Waals surface area contributed by atoms with Gasteiger partial charge in [0.15, 0.2) is 0 Å². The fourth-order valence-electron chi connectivity index (χ4n) is 2.46. The highest BCUT2D eigenvalue weighted by Crippen LogP contribution is 2.36. The lowest BCUT2D eigenvalue weighted by molar-refractivity contribution is -0.135. The Morgan fingerprint density at radius 3 is 2.50 bits per heavy atom. The minimum atomic E-state index is -0.422. The van der Waals surface area contributed by atoms with E-state index in [4.69, 9.17) is 9.47 Å². The number of morpholine rings is 1. The predicted molar refractivity (Wildman–Crippen MR) is 94.8 cm³/mol. The first-order chi connectivity index (χ1) is 11.2. The van der Waals surface area contributed by atoms with E-state index in [1.807, 2.05) is 13.0 Å². The summed E-state index contributed by atoms with van der Waals surface area (Å²) < 4.78 is 10.2. The highest BCUT2D eigenvalue weighted by molar-refractivity contribution is 7.14. The van der Waals surface area contributed by atoms with Crippen molar-refractivity contribution < 1.29 is 19.1 Å². The number of methoxy groups -OCH3 is 1. The summed E-state index contributed by atoms with van der Waals surface area (Å²) in [6, 6.07) is 1.52. The number of esters is 1. The van der Waals surface area contributed by atoms with Gasteiger partial charge >= 0.3 is 5.97 Å². The number of hydrogen-bond acceptors (Lipinski definition) is 6. The van der Waals surface area contributed by atoms with Gasteiger partial charge in [-0.3, -0.25) is 4.79 Å². The largest absolute Gasteiger partial charge is 0.465 e. The number of ether oxygens (including phenoxy) is 2. The normalized spacial score (nSPS) is 16.6. The van der Waals surface area contributed by atoms with Crippen molar-refractivity contribution in [2.45, 2.75) is 39.2 Å². The average molecular weight is 354 g/mol. The van der Waals surface area contributed by atoms with Gasteiger partial charge in [-0.1, -0.05) is 20.8 Å². The van der Waals surface area contributed by atoms with Crippen molar-refractivity contribution in [1.82, 2.24) is 4.90 Å². The number of amides is 1. The van der Waals surface area contributed by atoms with Crippen LogP contribution in [0.25, 0.3) is 0 Å². The molecule has 0 bridgehead atoms. The topological polar surface area (TPSA) is 67.9 Å². The van der Waals surface area contributed by atoms with Crippen LogP contribution in [0.4, 0.5) is 5.69 Å². The quantitative estimate of drug-likeness (QED) is 0.842. The fraction of sp³-hybridized carbons (Fsp3) is 0.647. The molecular weight excluding hydrogens is 328 g/mol. The maximum Gasteiger partial charge on any atom is 0.350 e. The fourth-order valence-corrected chi connectivity index (χ4v) is 3.56. The molecule has 7 heteroatoms. The molecule has 0 spiro atoms. The Morgan fingerprint density at radius 1 is 1.33 bits per heavy atom. The minimum Gasteiger partial charge on any atom is -0.465 e. The molecule has 1 aliphatic heterocycles. The summed E-state index contributed by atoms with van der Waals surface area (Å²) in [5.74, 6) is -0.373. The van der Waals surface area contributed by atoms with Crippen molar-refractivity contribution in [1.29, 1.82) is 0 Å². The van der Waals surface area contributed by atoms with Crippen molar-refractivity contribution in [2.75, 3.05) is 38.7 Å². The van der Waals surface area contributed by atoms with Crippen LogP contribution in [0, 0.1) is 0 Å². The van der Waals surface area contributed by atoms with Gasteiger partial charge in [-0.15, -0.1) is 11.3 Å². The zero-order valence-electron chi connectivity index (χ0n) is 15.0. The zero-order chi connectivity index (χ0) is 17.9. The molecule has 1 N–H and O–H groups in total. The third-order valence-corrected chi connectivity index (χ3v) is 5.45. The number of anilines is 1. The van der Waals surface area contributed by atoms with Crippen molar-refractivity contribution in [3.8, 4) is 0 Å². The Hall–Kier alpha value is -1.60. The summed E-state index contributed by atoms with van der Waals surface area (Å²) >= 11 is 1.41. The first-order valence-corrected chi connectivity index (χ1v) is 8.91. The van der Waals surface area contributed by atoms with E-state index in [1.54, 1.807) is 4.90 Å². The lowest BCUT2D eigenvalue weighted by Gasteiger charge is -2.29. The number of carbonyl (C=O) groups excluding carboxylic acids is 2. The van der Waals surface area contributed by atoms with Gasteiger partial charge in [-0.25, -0.2) is 4.79 Å². The molecule has 1 aromatic heterocycles. The van der Waals surface area contributed by atoms with Gasteiger partial charge in [0.2, 0.25) is 5.91 Å². The van der Waals surface area contributed by atoms with E-state index in [2.05, 4.69) is 26.1 Å². The molecule has 0 radical (unpaired) electrons. The molecule has 0 unspecified atom stereocenters. The number of nitrogens with zero attached hydrogens (tertiary/aromatic N) is 1. The molecular formula is C17H26N2O4S. The van der Waals surface area contributed by atoms with Gasteiger partial charge in [-0.05, 0) is 18.4 Å². The standard InChI is InChI=1S/C17H26N2O4S/c1-11(15(20)19-6-8-23-9-7-19)18-12-10-13(17(2,3)4)24-14(12)16(21)22-5/h10-11,18H,6-9H2,1-5H3/t11-/m0/s1. The lowest BCUT2D eigenvalue weighted by atomic mass is 9.94. The molecule has 1 fully saturated rings. The summed E-state index contributed by atoms with van der Waals surface area (Å²) in [7, 11) is 1.37. The van der Waals surface area contributed by atoms with E-state index in [-0.39, 0.29) is 17.3 Å². The summed E-state index contributed by atoms with van der Waals surface area (Å²) in [5, 5.41) is 3.19. The summed E-state index contributed by atoms with van der Waals surface area (Å²) in [5.41, 5.74) is 0.580. The number of nitrogens with one attached hydrogen (secondary N) is 1. The number of thiophene rings is 1. The van der Waals surface area contributed by atoms with Crippen LogP contribution in [0.5, 0.6) is 0 Å². The highest BCUT2D eigenvalue weighted by atomic mass is 32.1. The Kier molecular flexibility index (Phi) is 5.87. The van der Waals surface area contributed by atoms with Crippen LogP contribution >= 0.6 is 11.3 Å². The summed E-state index contributed by atoms with van der Waals surface area (Å²) in [6.07, 6.45) is 0. The van der Waals surface area contributed by atoms with Crippen LogP contribution in [-0.2, 0) is 19.7 Å². The first-order valence-electron chi connectivity index (χ1n) is 8.09. The molecule has 0 aliphatic carbocycles. The third kappa shape index (κ3) is 4.27. The van der Waals surface area contributed by atoms with Crippen molar-refractivity contribution in [2.24, 2.45) is 0 Å². The Labute approximate surface area is 147 Å². The second kappa shape index (κ2) is 7.53. The van der Waals surface area contributed by atoms with Crippen LogP contribution < -0.4 is 5.32 Å². The molecule has 1 aliphatic rings. The average Bonchev–Trinajstić information content (AvgIpc) is 2.98. The summed E-state index contributed by atoms with van der Waals surface area (Å²) in [4.78, 5) is 28.0. The van der Waals surface area contributed by atoms with E-state index >= 15 is 0 Å². The SMILES string of the molecule is COC(=O)c1sc(C(C)(C)C)cc1N[C@@H](C)C(=O)N1CCOCC1. The smallest absolute Gasteiger partial charge is 0.350 e. The van der Waals surface area contributed by atoms with Crippen LogP contribution in [0.3, 0.4) is 0 Å². The van der Waals surface area contributed by atoms with Crippen LogP contribution in [0.2, 0.25) is 0 Å². The van der Waals surface area contributed by atoms with E-state index in [9.17, 15) is 9.59 Å². The van der Waals surface area contributed by atoms with E-state index in [0.29, 0.717) is 36.9 Å². The molecule has 1 amide bonds. The maximum atomic E-state index is 12.6. The Balaban J connectivity index is 2.19. The van der Waals surface area contributed by atoms with Gasteiger partial charge in [0.25, 0.3) is 0 Å². The second-order valence-electron chi connectivity index (χ2n) is 6.90. The van der Waals surface area contributed by atoms with Crippen molar-refractivity contribution >= 4 is 28.9 Å². The highest BCUT2D eigenvalue weighted by Gasteiger charge is 2.27. The predicted octanol–water partition coefficient (Wildman–Crippen LogP) is 2.49. The van der Waals surface area contributed by atoms with Gasteiger partial charge < -0.3 is 19.7 Å².